The zero-order valence-corrected chi connectivity index (χ0v) is 10.1. The number of nitrogens with zero attached hydrogens (tertiary/aromatic N) is 1. The smallest absolute Gasteiger partial charge is 0.0452 e. The van der Waals surface area contributed by atoms with Crippen molar-refractivity contribution in [2.24, 2.45) is 0 Å². The number of rotatable bonds is 5. The van der Waals surface area contributed by atoms with Crippen LogP contribution in [0.2, 0.25) is 0 Å². The van der Waals surface area contributed by atoms with Crippen LogP contribution in [-0.4, -0.2) is 28.1 Å². The van der Waals surface area contributed by atoms with E-state index >= 15 is 0 Å². The van der Waals surface area contributed by atoms with Crippen LogP contribution in [0.25, 0.3) is 0 Å². The summed E-state index contributed by atoms with van der Waals surface area (Å²) in [6, 6.07) is 1.33. The van der Waals surface area contributed by atoms with E-state index in [1.165, 1.54) is 0 Å². The molecule has 0 aromatic carbocycles. The van der Waals surface area contributed by atoms with Gasteiger partial charge >= 0.3 is 0 Å². The van der Waals surface area contributed by atoms with E-state index in [0.29, 0.717) is 12.1 Å². The van der Waals surface area contributed by atoms with Crippen molar-refractivity contribution in [2.75, 3.05) is 5.88 Å². The summed E-state index contributed by atoms with van der Waals surface area (Å²) in [5.41, 5.74) is 0. The van der Waals surface area contributed by atoms with Crippen molar-refractivity contribution in [3.05, 3.63) is 0 Å². The molecule has 0 fully saturated rings. The Morgan fingerprint density at radius 1 is 0.917 bits per heavy atom. The van der Waals surface area contributed by atoms with Crippen molar-refractivity contribution in [2.45, 2.75) is 58.9 Å². The maximum absolute atomic E-state index is 2.52. The molecule has 0 unspecified atom stereocenters. The lowest BCUT2D eigenvalue weighted by Gasteiger charge is -2.30. The largest absolute Gasteiger partial charge is 0.289 e. The second-order valence-electron chi connectivity index (χ2n) is 4.05. The molecule has 0 aliphatic heterocycles. The molecule has 0 N–H and O–H groups in total. The Morgan fingerprint density at radius 2 is 1.33 bits per heavy atom. The van der Waals surface area contributed by atoms with Crippen LogP contribution < -0.4 is 0 Å². The molecule has 0 atom stereocenters. The molecule has 2 heteroatoms. The molecule has 0 aliphatic carbocycles. The lowest BCUT2D eigenvalue weighted by atomic mass is 10.2. The summed E-state index contributed by atoms with van der Waals surface area (Å²) in [4.78, 5) is 2.52. The van der Waals surface area contributed by atoms with Crippen molar-refractivity contribution >= 4 is 11.8 Å². The Labute approximate surface area is 81.9 Å². The molecule has 0 radical (unpaired) electrons. The maximum Gasteiger partial charge on any atom is 0.0452 e. The lowest BCUT2D eigenvalue weighted by Crippen LogP contribution is -2.36. The van der Waals surface area contributed by atoms with Gasteiger partial charge in [-0.05, 0) is 27.7 Å². The minimum atomic E-state index is 0.663. The van der Waals surface area contributed by atoms with Crippen LogP contribution in [0.4, 0.5) is 0 Å². The van der Waals surface area contributed by atoms with Gasteiger partial charge in [-0.2, -0.15) is 0 Å². The molecule has 12 heavy (non-hydrogen) atoms. The summed E-state index contributed by atoms with van der Waals surface area (Å²) in [6.45, 7) is 13.6. The van der Waals surface area contributed by atoms with Crippen LogP contribution in [0.3, 0.4) is 0 Å². The summed E-state index contributed by atoms with van der Waals surface area (Å²) in [6.07, 6.45) is 0. The van der Waals surface area contributed by atoms with E-state index in [2.05, 4.69) is 46.4 Å². The lowest BCUT2D eigenvalue weighted by molar-refractivity contribution is 0.211. The van der Waals surface area contributed by atoms with Crippen molar-refractivity contribution in [1.82, 2.24) is 4.90 Å². The van der Waals surface area contributed by atoms with Crippen LogP contribution >= 0.6 is 11.8 Å². The molecule has 0 rings (SSSR count). The van der Waals surface area contributed by atoms with Gasteiger partial charge in [0.1, 0.15) is 0 Å². The molecule has 0 aliphatic rings. The van der Waals surface area contributed by atoms with Gasteiger partial charge in [-0.25, -0.2) is 0 Å². The van der Waals surface area contributed by atoms with Crippen molar-refractivity contribution < 1.29 is 0 Å². The fourth-order valence-electron chi connectivity index (χ4n) is 1.13. The Morgan fingerprint density at radius 3 is 1.58 bits per heavy atom. The summed E-state index contributed by atoms with van der Waals surface area (Å²) < 4.78 is 0. The number of hydrogen-bond donors (Lipinski definition) is 0. The topological polar surface area (TPSA) is 3.24 Å². The van der Waals surface area contributed by atoms with Gasteiger partial charge in [-0.3, -0.25) is 4.90 Å². The van der Waals surface area contributed by atoms with Gasteiger partial charge in [0.2, 0.25) is 0 Å². The third-order valence-electron chi connectivity index (χ3n) is 1.88. The average Bonchev–Trinajstić information content (AvgIpc) is 1.84. The summed E-state index contributed by atoms with van der Waals surface area (Å²) >= 11 is 2.02. The quantitative estimate of drug-likeness (QED) is 0.611. The number of thioether (sulfide) groups is 1. The first kappa shape index (κ1) is 12.3. The highest BCUT2D eigenvalue weighted by molar-refractivity contribution is 7.99. The van der Waals surface area contributed by atoms with Gasteiger partial charge in [-0.1, -0.05) is 13.8 Å². The van der Waals surface area contributed by atoms with E-state index in [9.17, 15) is 0 Å². The first-order valence-corrected chi connectivity index (χ1v) is 5.87. The van der Waals surface area contributed by atoms with Crippen LogP contribution in [0.5, 0.6) is 0 Å². The monoisotopic (exact) mass is 189 g/mol. The van der Waals surface area contributed by atoms with E-state index in [0.717, 1.165) is 11.1 Å². The van der Waals surface area contributed by atoms with Crippen LogP contribution in [0.1, 0.15) is 41.5 Å². The van der Waals surface area contributed by atoms with Crippen molar-refractivity contribution in [3.63, 3.8) is 0 Å². The molecular formula is C10H23NS. The van der Waals surface area contributed by atoms with Crippen LogP contribution in [0, 0.1) is 0 Å². The van der Waals surface area contributed by atoms with E-state index in [1.807, 2.05) is 11.8 Å². The second-order valence-corrected chi connectivity index (χ2v) is 5.58. The maximum atomic E-state index is 2.52. The average molecular weight is 189 g/mol. The highest BCUT2D eigenvalue weighted by Crippen LogP contribution is 2.15. The standard InChI is InChI=1S/C10H23NS/c1-8(2)11(9(3)4)7-12-10(5)6/h8-10H,7H2,1-6H3. The van der Waals surface area contributed by atoms with Crippen LogP contribution in [-0.2, 0) is 0 Å². The van der Waals surface area contributed by atoms with Gasteiger partial charge in [0.15, 0.2) is 0 Å². The normalized spacial score (nSPS) is 12.5. The minimum Gasteiger partial charge on any atom is -0.289 e. The highest BCUT2D eigenvalue weighted by Gasteiger charge is 2.13. The number of hydrogen-bond acceptors (Lipinski definition) is 2. The summed E-state index contributed by atoms with van der Waals surface area (Å²) in [5, 5.41) is 0.741. The van der Waals surface area contributed by atoms with Crippen LogP contribution in [0.15, 0.2) is 0 Å². The Bertz CT molecular complexity index is 102. The molecule has 0 aromatic heterocycles. The summed E-state index contributed by atoms with van der Waals surface area (Å²) in [5.74, 6) is 1.16. The summed E-state index contributed by atoms with van der Waals surface area (Å²) in [7, 11) is 0. The zero-order valence-electron chi connectivity index (χ0n) is 9.29. The van der Waals surface area contributed by atoms with E-state index < -0.39 is 0 Å². The van der Waals surface area contributed by atoms with E-state index in [-0.39, 0.29) is 0 Å². The molecule has 0 amide bonds. The van der Waals surface area contributed by atoms with E-state index in [4.69, 9.17) is 0 Å². The first-order chi connectivity index (χ1) is 5.45. The molecule has 0 heterocycles. The third kappa shape index (κ3) is 5.04. The van der Waals surface area contributed by atoms with Gasteiger partial charge < -0.3 is 0 Å². The predicted octanol–water partition coefficient (Wildman–Crippen LogP) is 3.20. The molecule has 74 valence electrons. The Balaban J connectivity index is 3.80. The SMILES string of the molecule is CC(C)SCN(C(C)C)C(C)C. The molecule has 0 bridgehead atoms. The Hall–Kier alpha value is 0.310. The van der Waals surface area contributed by atoms with Gasteiger partial charge in [0.25, 0.3) is 0 Å². The molecular weight excluding hydrogens is 166 g/mol. The van der Waals surface area contributed by atoms with Gasteiger partial charge in [0, 0.05) is 23.2 Å². The third-order valence-corrected chi connectivity index (χ3v) is 3.00. The first-order valence-electron chi connectivity index (χ1n) is 4.82. The second kappa shape index (κ2) is 5.87. The molecule has 0 saturated heterocycles. The van der Waals surface area contributed by atoms with Crippen molar-refractivity contribution in [3.8, 4) is 0 Å². The van der Waals surface area contributed by atoms with Gasteiger partial charge in [-0.15, -0.1) is 11.8 Å². The molecule has 0 spiro atoms. The fraction of sp³-hybridized carbons (Fsp3) is 1.00. The van der Waals surface area contributed by atoms with E-state index in [1.54, 1.807) is 0 Å². The zero-order chi connectivity index (χ0) is 9.72. The van der Waals surface area contributed by atoms with Crippen molar-refractivity contribution in [1.29, 1.82) is 0 Å². The predicted molar refractivity (Wildman–Crippen MR) is 59.7 cm³/mol. The molecule has 1 nitrogen and oxygen atoms in total. The molecule has 0 aromatic rings. The minimum absolute atomic E-state index is 0.663. The van der Waals surface area contributed by atoms with Gasteiger partial charge in [0.05, 0.1) is 0 Å². The Kier molecular flexibility index (Phi) is 6.02. The molecule has 0 saturated carbocycles. The highest BCUT2D eigenvalue weighted by atomic mass is 32.2. The fourth-order valence-corrected chi connectivity index (χ4v) is 2.20.